The minimum atomic E-state index is 1.04. The summed E-state index contributed by atoms with van der Waals surface area (Å²) >= 11 is 0. The average molecular weight is 165 g/mol. The smallest absolute Gasteiger partial charge is 0.131 e. The quantitative estimate of drug-likeness (QED) is 0.553. The van der Waals surface area contributed by atoms with E-state index >= 15 is 0 Å². The third-order valence-electron chi connectivity index (χ3n) is 1.50. The van der Waals surface area contributed by atoms with Gasteiger partial charge in [0.1, 0.15) is 5.82 Å². The second-order valence-electron chi connectivity index (χ2n) is 2.36. The van der Waals surface area contributed by atoms with Crippen molar-refractivity contribution >= 4 is 11.5 Å². The highest BCUT2D eigenvalue weighted by atomic mass is 15.1. The van der Waals surface area contributed by atoms with Crippen molar-refractivity contribution in [3.05, 3.63) is 24.2 Å². The van der Waals surface area contributed by atoms with E-state index in [1.807, 2.05) is 33.2 Å². The van der Waals surface area contributed by atoms with Gasteiger partial charge in [0.25, 0.3) is 0 Å². The fourth-order valence-electron chi connectivity index (χ4n) is 1.07. The van der Waals surface area contributed by atoms with Crippen LogP contribution in [0.15, 0.2) is 18.5 Å². The fraction of sp³-hybridized carbons (Fsp3) is 0.333. The zero-order valence-electron chi connectivity index (χ0n) is 7.73. The zero-order chi connectivity index (χ0) is 8.97. The summed E-state index contributed by atoms with van der Waals surface area (Å²) in [6, 6.07) is 2.06. The van der Waals surface area contributed by atoms with Gasteiger partial charge in [-0.25, -0.2) is 0 Å². The molecular weight excluding hydrogens is 150 g/mol. The van der Waals surface area contributed by atoms with Crippen molar-refractivity contribution in [3.63, 3.8) is 0 Å². The minimum absolute atomic E-state index is 1.04. The molecule has 0 saturated carbocycles. The molecule has 12 heavy (non-hydrogen) atoms. The van der Waals surface area contributed by atoms with E-state index in [2.05, 4.69) is 21.7 Å². The number of aromatic nitrogens is 1. The summed E-state index contributed by atoms with van der Waals surface area (Å²) in [5.41, 5.74) is 2.27. The molecule has 1 aliphatic heterocycles. The molecule has 0 amide bonds. The lowest BCUT2D eigenvalue weighted by atomic mass is 10.4. The maximum atomic E-state index is 3.17. The number of fused-ring (bicyclic) bond motifs is 1. The van der Waals surface area contributed by atoms with Crippen LogP contribution in [0.25, 0.3) is 0 Å². The molecule has 0 radical (unpaired) electrons. The van der Waals surface area contributed by atoms with E-state index < -0.39 is 0 Å². The van der Waals surface area contributed by atoms with Crippen molar-refractivity contribution in [3.8, 4) is 0 Å². The van der Waals surface area contributed by atoms with Gasteiger partial charge in [-0.1, -0.05) is 13.8 Å². The Morgan fingerprint density at radius 2 is 1.75 bits per heavy atom. The number of H-pyrrole nitrogens is 1. The van der Waals surface area contributed by atoms with E-state index in [1.165, 1.54) is 0 Å². The highest BCUT2D eigenvalue weighted by Gasteiger charge is 2.04. The van der Waals surface area contributed by atoms with Crippen LogP contribution in [-0.4, -0.2) is 4.98 Å². The first kappa shape index (κ1) is 8.71. The van der Waals surface area contributed by atoms with Gasteiger partial charge in [-0.2, -0.15) is 0 Å². The van der Waals surface area contributed by atoms with E-state index in [1.54, 1.807) is 0 Å². The van der Waals surface area contributed by atoms with E-state index in [4.69, 9.17) is 0 Å². The van der Waals surface area contributed by atoms with E-state index in [-0.39, 0.29) is 0 Å². The fourth-order valence-corrected chi connectivity index (χ4v) is 1.07. The highest BCUT2D eigenvalue weighted by Crippen LogP contribution is 2.23. The highest BCUT2D eigenvalue weighted by molar-refractivity contribution is 5.70. The van der Waals surface area contributed by atoms with Gasteiger partial charge in [0.15, 0.2) is 0 Å². The lowest BCUT2D eigenvalue weighted by Gasteiger charge is -2.07. The van der Waals surface area contributed by atoms with Crippen molar-refractivity contribution in [1.82, 2.24) is 4.98 Å². The third-order valence-corrected chi connectivity index (χ3v) is 1.50. The summed E-state index contributed by atoms with van der Waals surface area (Å²) in [5, 5.41) is 6.19. The molecule has 0 bridgehead atoms. The van der Waals surface area contributed by atoms with Crippen LogP contribution in [0.2, 0.25) is 0 Å². The first-order valence-corrected chi connectivity index (χ1v) is 4.24. The molecule has 0 saturated heterocycles. The molecule has 2 rings (SSSR count). The predicted molar refractivity (Wildman–Crippen MR) is 53.3 cm³/mol. The number of hydrogen-bond donors (Lipinski definition) is 3. The van der Waals surface area contributed by atoms with Gasteiger partial charge in [-0.3, -0.25) is 0 Å². The summed E-state index contributed by atoms with van der Waals surface area (Å²) in [5.74, 6) is 1.04. The molecule has 0 atom stereocenters. The Morgan fingerprint density at radius 1 is 1.08 bits per heavy atom. The van der Waals surface area contributed by atoms with Gasteiger partial charge in [0.05, 0.1) is 5.69 Å². The molecule has 0 fully saturated rings. The van der Waals surface area contributed by atoms with Gasteiger partial charge in [-0.15, -0.1) is 0 Å². The van der Waals surface area contributed by atoms with Crippen molar-refractivity contribution in [2.24, 2.45) is 0 Å². The van der Waals surface area contributed by atoms with Crippen LogP contribution in [0.5, 0.6) is 0 Å². The second kappa shape index (κ2) is 3.85. The van der Waals surface area contributed by atoms with E-state index in [9.17, 15) is 0 Å². The number of anilines is 2. The molecule has 3 N–H and O–H groups in total. The van der Waals surface area contributed by atoms with Gasteiger partial charge < -0.3 is 15.6 Å². The molecule has 2 heterocycles. The summed E-state index contributed by atoms with van der Waals surface area (Å²) < 4.78 is 0. The van der Waals surface area contributed by atoms with Gasteiger partial charge in [-0.05, 0) is 13.0 Å². The van der Waals surface area contributed by atoms with E-state index in [0.717, 1.165) is 17.2 Å². The standard InChI is InChI=1S/C7H9N3.C2H6/c1-5-4-6-7(10-5)9-3-2-8-6;1-2/h2-4,8-10H,1H3;1-2H3. The molecule has 3 nitrogen and oxygen atoms in total. The first-order chi connectivity index (χ1) is 5.86. The zero-order valence-corrected chi connectivity index (χ0v) is 7.73. The van der Waals surface area contributed by atoms with Crippen molar-refractivity contribution in [2.45, 2.75) is 20.8 Å². The number of rotatable bonds is 0. The van der Waals surface area contributed by atoms with Crippen LogP contribution < -0.4 is 10.6 Å². The maximum absolute atomic E-state index is 3.17. The van der Waals surface area contributed by atoms with Crippen LogP contribution in [0, 0.1) is 6.92 Å². The Morgan fingerprint density at radius 3 is 2.42 bits per heavy atom. The van der Waals surface area contributed by atoms with Crippen LogP contribution in [0.4, 0.5) is 11.5 Å². The first-order valence-electron chi connectivity index (χ1n) is 4.24. The van der Waals surface area contributed by atoms with Gasteiger partial charge in [0.2, 0.25) is 0 Å². The van der Waals surface area contributed by atoms with Crippen LogP contribution in [0.3, 0.4) is 0 Å². The topological polar surface area (TPSA) is 39.9 Å². The van der Waals surface area contributed by atoms with Crippen molar-refractivity contribution in [2.75, 3.05) is 10.6 Å². The summed E-state index contributed by atoms with van der Waals surface area (Å²) in [4.78, 5) is 3.17. The molecule has 1 aliphatic rings. The van der Waals surface area contributed by atoms with Crippen molar-refractivity contribution in [1.29, 1.82) is 0 Å². The average Bonchev–Trinajstić information content (AvgIpc) is 2.48. The molecule has 1 aromatic rings. The Hall–Kier alpha value is -1.38. The lowest BCUT2D eigenvalue weighted by molar-refractivity contribution is 1.25. The number of aryl methyl sites for hydroxylation is 1. The summed E-state index contributed by atoms with van der Waals surface area (Å²) in [6.45, 7) is 6.03. The van der Waals surface area contributed by atoms with Crippen molar-refractivity contribution < 1.29 is 0 Å². The molecule has 0 aliphatic carbocycles. The largest absolute Gasteiger partial charge is 0.357 e. The third kappa shape index (κ3) is 1.61. The molecule has 3 heteroatoms. The molecule has 0 unspecified atom stereocenters. The number of hydrogen-bond acceptors (Lipinski definition) is 2. The summed E-state index contributed by atoms with van der Waals surface area (Å²) in [6.07, 6.45) is 3.73. The molecule has 0 spiro atoms. The predicted octanol–water partition coefficient (Wildman–Crippen LogP) is 2.66. The maximum Gasteiger partial charge on any atom is 0.131 e. The number of nitrogens with one attached hydrogen (secondary N) is 3. The molecular formula is C9H15N3. The van der Waals surface area contributed by atoms with Gasteiger partial charge >= 0.3 is 0 Å². The molecule has 66 valence electrons. The van der Waals surface area contributed by atoms with Crippen LogP contribution in [0.1, 0.15) is 19.5 Å². The lowest BCUT2D eigenvalue weighted by Crippen LogP contribution is -1.99. The van der Waals surface area contributed by atoms with Gasteiger partial charge in [0, 0.05) is 18.1 Å². The monoisotopic (exact) mass is 165 g/mol. The Labute approximate surface area is 72.9 Å². The van der Waals surface area contributed by atoms with Crippen LogP contribution in [-0.2, 0) is 0 Å². The number of aromatic amines is 1. The Balaban J connectivity index is 0.000000336. The SMILES string of the molecule is CC.Cc1cc2c([nH]1)NC=CN2. The summed E-state index contributed by atoms with van der Waals surface area (Å²) in [7, 11) is 0. The Kier molecular flexibility index (Phi) is 2.80. The van der Waals surface area contributed by atoms with Crippen LogP contribution >= 0.6 is 0 Å². The Bertz CT molecular complexity index is 248. The second-order valence-corrected chi connectivity index (χ2v) is 2.36. The van der Waals surface area contributed by atoms with E-state index in [0.29, 0.717) is 0 Å². The normalized spacial score (nSPS) is 11.9. The molecule has 1 aromatic heterocycles. The minimum Gasteiger partial charge on any atom is -0.357 e. The molecule has 0 aromatic carbocycles.